The van der Waals surface area contributed by atoms with Gasteiger partial charge in [0.15, 0.2) is 9.84 Å². The van der Waals surface area contributed by atoms with E-state index in [4.69, 9.17) is 0 Å². The van der Waals surface area contributed by atoms with Crippen molar-refractivity contribution >= 4 is 26.7 Å². The second kappa shape index (κ2) is 4.06. The third-order valence-corrected chi connectivity index (χ3v) is 2.84. The molecule has 16 heavy (non-hydrogen) atoms. The molecule has 4 heteroatoms. The van der Waals surface area contributed by atoms with E-state index in [9.17, 15) is 8.42 Å². The molecule has 0 unspecified atom stereocenters. The normalized spacial score (nSPS) is 12.3. The van der Waals surface area contributed by atoms with Crippen LogP contribution in [0.15, 0.2) is 42.1 Å². The van der Waals surface area contributed by atoms with Crippen LogP contribution in [0.5, 0.6) is 0 Å². The van der Waals surface area contributed by atoms with E-state index >= 15 is 0 Å². The van der Waals surface area contributed by atoms with Gasteiger partial charge in [-0.2, -0.15) is 0 Å². The number of benzene rings is 1. The number of aromatic nitrogens is 1. The third-order valence-electron chi connectivity index (χ3n) is 2.21. The van der Waals surface area contributed by atoms with Gasteiger partial charge in [0.2, 0.25) is 0 Å². The lowest BCUT2D eigenvalue weighted by molar-refractivity contribution is 0.610. The van der Waals surface area contributed by atoms with Crippen molar-refractivity contribution in [2.75, 3.05) is 6.26 Å². The zero-order valence-corrected chi connectivity index (χ0v) is 9.61. The highest BCUT2D eigenvalue weighted by Crippen LogP contribution is 2.18. The summed E-state index contributed by atoms with van der Waals surface area (Å²) >= 11 is 0. The second-order valence-electron chi connectivity index (χ2n) is 3.58. The van der Waals surface area contributed by atoms with Crippen LogP contribution in [0, 0.1) is 0 Å². The largest absolute Gasteiger partial charge is 0.264 e. The Kier molecular flexibility index (Phi) is 2.75. The quantitative estimate of drug-likeness (QED) is 0.799. The summed E-state index contributed by atoms with van der Waals surface area (Å²) in [5.41, 5.74) is 0.880. The van der Waals surface area contributed by atoms with E-state index in [1.54, 1.807) is 18.5 Å². The van der Waals surface area contributed by atoms with Crippen LogP contribution in [0.3, 0.4) is 0 Å². The van der Waals surface area contributed by atoms with E-state index in [0.29, 0.717) is 0 Å². The minimum atomic E-state index is -3.09. The molecule has 0 radical (unpaired) electrons. The zero-order valence-electron chi connectivity index (χ0n) is 8.79. The summed E-state index contributed by atoms with van der Waals surface area (Å²) in [6, 6.07) is 7.58. The molecule has 0 spiro atoms. The number of sulfone groups is 1. The van der Waals surface area contributed by atoms with Crippen molar-refractivity contribution < 1.29 is 8.42 Å². The van der Waals surface area contributed by atoms with Gasteiger partial charge in [-0.15, -0.1) is 0 Å². The van der Waals surface area contributed by atoms with Gasteiger partial charge in [0.05, 0.1) is 0 Å². The molecule has 1 aromatic heterocycles. The predicted molar refractivity (Wildman–Crippen MR) is 65.6 cm³/mol. The van der Waals surface area contributed by atoms with Gasteiger partial charge in [0.1, 0.15) is 0 Å². The number of pyridine rings is 1. The highest BCUT2D eigenvalue weighted by atomic mass is 32.2. The molecule has 82 valence electrons. The molecular weight excluding hydrogens is 222 g/mol. The average Bonchev–Trinajstić information content (AvgIpc) is 2.25. The van der Waals surface area contributed by atoms with Crippen LogP contribution in [-0.2, 0) is 9.84 Å². The van der Waals surface area contributed by atoms with Gasteiger partial charge >= 0.3 is 0 Å². The summed E-state index contributed by atoms with van der Waals surface area (Å²) < 4.78 is 22.1. The number of hydrogen-bond donors (Lipinski definition) is 0. The minimum Gasteiger partial charge on any atom is -0.264 e. The average molecular weight is 233 g/mol. The molecule has 0 aliphatic rings. The Labute approximate surface area is 94.4 Å². The van der Waals surface area contributed by atoms with Crippen molar-refractivity contribution in [2.24, 2.45) is 0 Å². The Morgan fingerprint density at radius 3 is 2.81 bits per heavy atom. The SMILES string of the molecule is CS(=O)(=O)/C=C/c1cccc2cnccc12. The molecule has 0 bridgehead atoms. The Morgan fingerprint density at radius 1 is 1.25 bits per heavy atom. The van der Waals surface area contributed by atoms with Gasteiger partial charge in [-0.1, -0.05) is 18.2 Å². The number of nitrogens with zero attached hydrogens (tertiary/aromatic N) is 1. The van der Waals surface area contributed by atoms with Gasteiger partial charge < -0.3 is 0 Å². The molecule has 0 aliphatic carbocycles. The van der Waals surface area contributed by atoms with E-state index in [1.165, 1.54) is 11.7 Å². The van der Waals surface area contributed by atoms with Crippen LogP contribution in [0.4, 0.5) is 0 Å². The summed E-state index contributed by atoms with van der Waals surface area (Å²) in [5.74, 6) is 0. The van der Waals surface area contributed by atoms with Gasteiger partial charge in [0, 0.05) is 29.4 Å². The molecule has 1 aromatic carbocycles. The van der Waals surface area contributed by atoms with Gasteiger partial charge in [-0.3, -0.25) is 4.98 Å². The maximum atomic E-state index is 11.0. The molecule has 0 N–H and O–H groups in total. The molecule has 0 saturated carbocycles. The van der Waals surface area contributed by atoms with Crippen LogP contribution < -0.4 is 0 Å². The molecule has 2 aromatic rings. The summed E-state index contributed by atoms with van der Waals surface area (Å²) in [6.07, 6.45) is 6.24. The third kappa shape index (κ3) is 2.46. The summed E-state index contributed by atoms with van der Waals surface area (Å²) in [7, 11) is -3.09. The molecule has 2 rings (SSSR count). The van der Waals surface area contributed by atoms with Crippen molar-refractivity contribution in [3.8, 4) is 0 Å². The van der Waals surface area contributed by atoms with Gasteiger partial charge in [-0.05, 0) is 23.1 Å². The molecular formula is C12H11NO2S. The maximum Gasteiger partial charge on any atom is 0.168 e. The number of fused-ring (bicyclic) bond motifs is 1. The summed E-state index contributed by atoms with van der Waals surface area (Å²) in [4.78, 5) is 4.02. The number of rotatable bonds is 2. The molecule has 0 aliphatic heterocycles. The summed E-state index contributed by atoms with van der Waals surface area (Å²) in [6.45, 7) is 0. The van der Waals surface area contributed by atoms with Crippen molar-refractivity contribution in [1.29, 1.82) is 0 Å². The zero-order chi connectivity index (χ0) is 11.6. The molecule has 0 saturated heterocycles. The molecule has 0 fully saturated rings. The van der Waals surface area contributed by atoms with E-state index in [1.807, 2.05) is 24.3 Å². The molecule has 0 atom stereocenters. The Balaban J connectivity index is 2.57. The van der Waals surface area contributed by atoms with E-state index in [2.05, 4.69) is 4.98 Å². The van der Waals surface area contributed by atoms with E-state index in [0.717, 1.165) is 16.3 Å². The first kappa shape index (κ1) is 10.8. The molecule has 3 nitrogen and oxygen atoms in total. The standard InChI is InChI=1S/C12H11NO2S/c1-16(14,15)8-6-10-3-2-4-11-9-13-7-5-12(10)11/h2-9H,1H3/b8-6+. The van der Waals surface area contributed by atoms with E-state index < -0.39 is 9.84 Å². The van der Waals surface area contributed by atoms with Crippen LogP contribution >= 0.6 is 0 Å². The second-order valence-corrected chi connectivity index (χ2v) is 5.51. The van der Waals surface area contributed by atoms with Crippen molar-refractivity contribution in [2.45, 2.75) is 0 Å². The van der Waals surface area contributed by atoms with Crippen molar-refractivity contribution in [3.05, 3.63) is 47.6 Å². The number of hydrogen-bond acceptors (Lipinski definition) is 3. The highest BCUT2D eigenvalue weighted by Gasteiger charge is 1.98. The first-order valence-electron chi connectivity index (χ1n) is 4.77. The van der Waals surface area contributed by atoms with Gasteiger partial charge in [-0.25, -0.2) is 8.42 Å². The van der Waals surface area contributed by atoms with Crippen LogP contribution in [0.2, 0.25) is 0 Å². The fraction of sp³-hybridized carbons (Fsp3) is 0.0833. The fourth-order valence-corrected chi connectivity index (χ4v) is 1.88. The van der Waals surface area contributed by atoms with Crippen LogP contribution in [-0.4, -0.2) is 19.7 Å². The first-order valence-corrected chi connectivity index (χ1v) is 6.72. The van der Waals surface area contributed by atoms with E-state index in [-0.39, 0.29) is 0 Å². The van der Waals surface area contributed by atoms with Crippen molar-refractivity contribution in [3.63, 3.8) is 0 Å². The monoisotopic (exact) mass is 233 g/mol. The lowest BCUT2D eigenvalue weighted by atomic mass is 10.1. The predicted octanol–water partition coefficient (Wildman–Crippen LogP) is 2.25. The Hall–Kier alpha value is -1.68. The first-order chi connectivity index (χ1) is 7.56. The van der Waals surface area contributed by atoms with Crippen LogP contribution in [0.25, 0.3) is 16.8 Å². The topological polar surface area (TPSA) is 47.0 Å². The Bertz CT molecular complexity index is 640. The highest BCUT2D eigenvalue weighted by molar-refractivity contribution is 7.93. The summed E-state index contributed by atoms with van der Waals surface area (Å²) in [5, 5.41) is 3.21. The lowest BCUT2D eigenvalue weighted by Crippen LogP contribution is -1.88. The van der Waals surface area contributed by atoms with Gasteiger partial charge in [0.25, 0.3) is 0 Å². The lowest BCUT2D eigenvalue weighted by Gasteiger charge is -2.00. The van der Waals surface area contributed by atoms with Crippen LogP contribution in [0.1, 0.15) is 5.56 Å². The maximum absolute atomic E-state index is 11.0. The fourth-order valence-electron chi connectivity index (χ4n) is 1.49. The molecule has 0 amide bonds. The minimum absolute atomic E-state index is 0.880. The smallest absolute Gasteiger partial charge is 0.168 e. The Morgan fingerprint density at radius 2 is 2.06 bits per heavy atom. The molecule has 1 heterocycles. The van der Waals surface area contributed by atoms with Crippen molar-refractivity contribution in [1.82, 2.24) is 4.98 Å².